The zero-order valence-electron chi connectivity index (χ0n) is 11.3. The third-order valence-corrected chi connectivity index (χ3v) is 4.66. The quantitative estimate of drug-likeness (QED) is 0.321. The van der Waals surface area contributed by atoms with E-state index in [1.165, 1.54) is 6.08 Å². The molecule has 3 rings (SSSR count). The van der Waals surface area contributed by atoms with E-state index in [2.05, 4.69) is 6.58 Å². The van der Waals surface area contributed by atoms with Gasteiger partial charge in [0.05, 0.1) is 6.61 Å². The molecule has 0 aromatic heterocycles. The van der Waals surface area contributed by atoms with E-state index in [1.807, 2.05) is 42.5 Å². The lowest BCUT2D eigenvalue weighted by molar-refractivity contribution is 0.358. The zero-order valence-corrected chi connectivity index (χ0v) is 12.1. The summed E-state index contributed by atoms with van der Waals surface area (Å²) in [5, 5.41) is 3.61. The van der Waals surface area contributed by atoms with Gasteiger partial charge in [-0.15, -0.1) is 6.58 Å². The maximum atomic E-state index is 12.3. The van der Waals surface area contributed by atoms with Crippen LogP contribution in [0.4, 0.5) is 0 Å². The van der Waals surface area contributed by atoms with Crippen molar-refractivity contribution in [3.8, 4) is 0 Å². The van der Waals surface area contributed by atoms with Gasteiger partial charge in [-0.1, -0.05) is 42.5 Å². The highest BCUT2D eigenvalue weighted by Crippen LogP contribution is 2.28. The number of benzene rings is 3. The summed E-state index contributed by atoms with van der Waals surface area (Å²) < 4.78 is 29.5. The predicted octanol–water partition coefficient (Wildman–Crippen LogP) is 2.97. The molecule has 0 amide bonds. The highest BCUT2D eigenvalue weighted by Gasteiger charge is 2.18. The first-order chi connectivity index (χ1) is 10.1. The molecule has 22 heavy (non-hydrogen) atoms. The molecule has 3 aromatic carbocycles. The van der Waals surface area contributed by atoms with Gasteiger partial charge < -0.3 is 0 Å². The van der Waals surface area contributed by atoms with Gasteiger partial charge in [0.2, 0.25) is 0 Å². The molecule has 5 heteroatoms. The van der Waals surface area contributed by atoms with Crippen molar-refractivity contribution < 1.29 is 12.6 Å². The van der Waals surface area contributed by atoms with Gasteiger partial charge in [-0.05, 0) is 34.4 Å². The molecule has 0 aliphatic heterocycles. The molecule has 3 nitrogen and oxygen atoms in total. The van der Waals surface area contributed by atoms with E-state index < -0.39 is 10.1 Å². The van der Waals surface area contributed by atoms with Crippen LogP contribution >= 0.6 is 0 Å². The first kappa shape index (κ1) is 17.0. The van der Waals surface area contributed by atoms with Gasteiger partial charge in [0.25, 0.3) is 10.1 Å². The summed E-state index contributed by atoms with van der Waals surface area (Å²) in [4.78, 5) is 0.188. The van der Waals surface area contributed by atoms with Crippen molar-refractivity contribution in [1.82, 2.24) is 0 Å². The van der Waals surface area contributed by atoms with E-state index in [-0.39, 0.29) is 34.6 Å². The van der Waals surface area contributed by atoms with Crippen LogP contribution in [0, 0.1) is 0 Å². The lowest BCUT2D eigenvalue weighted by Gasteiger charge is -2.09. The Labute approximate surface area is 145 Å². The second-order valence-corrected chi connectivity index (χ2v) is 6.29. The summed E-state index contributed by atoms with van der Waals surface area (Å²) in [6, 6.07) is 16.9. The first-order valence-corrected chi connectivity index (χ1v) is 7.94. The van der Waals surface area contributed by atoms with Gasteiger partial charge in [-0.2, -0.15) is 8.42 Å². The fraction of sp³-hybridized carbons (Fsp3) is 0.0588. The summed E-state index contributed by atoms with van der Waals surface area (Å²) in [5.41, 5.74) is 0. The largest absolute Gasteiger partial charge is 0.316 e. The average Bonchev–Trinajstić information content (AvgIpc) is 2.50. The molecule has 0 bridgehead atoms. The van der Waals surface area contributed by atoms with E-state index in [0.29, 0.717) is 5.39 Å². The Hall–Kier alpha value is -1.40. The lowest BCUT2D eigenvalue weighted by atomic mass is 10.0. The number of hydrogen-bond donors (Lipinski definition) is 0. The monoisotopic (exact) mass is 324 g/mol. The Bertz CT molecular complexity index is 933. The minimum absolute atomic E-state index is 0. The summed E-state index contributed by atoms with van der Waals surface area (Å²) >= 11 is 0. The van der Waals surface area contributed by atoms with Gasteiger partial charge in [0, 0.05) is 5.39 Å². The smallest absolute Gasteiger partial charge is 0.262 e. The van der Waals surface area contributed by atoms with Crippen molar-refractivity contribution >= 4 is 54.7 Å². The van der Waals surface area contributed by atoms with E-state index in [9.17, 15) is 8.42 Å². The van der Waals surface area contributed by atoms with Crippen LogP contribution in [-0.2, 0) is 14.3 Å². The molecule has 0 unspecified atom stereocenters. The molecule has 0 saturated carbocycles. The van der Waals surface area contributed by atoms with Crippen LogP contribution < -0.4 is 0 Å². The van der Waals surface area contributed by atoms with Crippen LogP contribution in [-0.4, -0.2) is 38.1 Å². The van der Waals surface area contributed by atoms with Gasteiger partial charge in [0.1, 0.15) is 4.90 Å². The fourth-order valence-corrected chi connectivity index (χ4v) is 3.45. The van der Waals surface area contributed by atoms with Crippen LogP contribution in [0.2, 0.25) is 0 Å². The Morgan fingerprint density at radius 1 is 0.955 bits per heavy atom. The minimum atomic E-state index is -3.79. The molecule has 3 aromatic rings. The minimum Gasteiger partial charge on any atom is -0.262 e. The Kier molecular flexibility index (Phi) is 5.23. The van der Waals surface area contributed by atoms with Crippen LogP contribution in [0.3, 0.4) is 0 Å². The normalized spacial score (nSPS) is 11.3. The molecule has 0 atom stereocenters. The molecule has 0 heterocycles. The SMILES string of the molecule is C=CCOS(=O)(=O)c1cccc2cc3ccccc3cc12.[MgH2]. The predicted molar refractivity (Wildman–Crippen MR) is 93.3 cm³/mol. The first-order valence-electron chi connectivity index (χ1n) is 6.54. The summed E-state index contributed by atoms with van der Waals surface area (Å²) in [5.74, 6) is 0. The second-order valence-electron chi connectivity index (χ2n) is 4.70. The summed E-state index contributed by atoms with van der Waals surface area (Å²) in [6.07, 6.45) is 1.41. The number of rotatable bonds is 4. The van der Waals surface area contributed by atoms with Crippen molar-refractivity contribution in [3.05, 3.63) is 67.3 Å². The molecular formula is C17H16MgO3S. The van der Waals surface area contributed by atoms with Gasteiger partial charge >= 0.3 is 23.1 Å². The average molecular weight is 325 g/mol. The molecule has 0 aliphatic carbocycles. The van der Waals surface area contributed by atoms with E-state index in [4.69, 9.17) is 4.18 Å². The van der Waals surface area contributed by atoms with Crippen LogP contribution in [0.15, 0.2) is 72.1 Å². The van der Waals surface area contributed by atoms with Gasteiger partial charge in [-0.3, -0.25) is 4.18 Å². The topological polar surface area (TPSA) is 43.4 Å². The maximum Gasteiger partial charge on any atom is 0.316 e. The van der Waals surface area contributed by atoms with E-state index in [0.717, 1.165) is 16.2 Å². The Morgan fingerprint density at radius 3 is 2.27 bits per heavy atom. The van der Waals surface area contributed by atoms with Crippen molar-refractivity contribution in [2.24, 2.45) is 0 Å². The second kappa shape index (κ2) is 6.79. The van der Waals surface area contributed by atoms with Crippen molar-refractivity contribution in [1.29, 1.82) is 0 Å². The standard InChI is InChI=1S/C17H14O3S.Mg.2H/c1-2-10-20-21(18,19)17-9-5-8-15-11-13-6-3-4-7-14(13)12-16(15)17;;;/h2-9,11-12H,1,10H2;;;. The molecule has 110 valence electrons. The van der Waals surface area contributed by atoms with Crippen LogP contribution in [0.25, 0.3) is 21.5 Å². The fourth-order valence-electron chi connectivity index (χ4n) is 2.36. The number of hydrogen-bond acceptors (Lipinski definition) is 3. The van der Waals surface area contributed by atoms with E-state index >= 15 is 0 Å². The molecule has 0 N–H and O–H groups in total. The van der Waals surface area contributed by atoms with Gasteiger partial charge in [-0.25, -0.2) is 0 Å². The molecule has 0 radical (unpaired) electrons. The summed E-state index contributed by atoms with van der Waals surface area (Å²) in [6.45, 7) is 3.44. The number of fused-ring (bicyclic) bond motifs is 2. The highest BCUT2D eigenvalue weighted by atomic mass is 32.2. The summed E-state index contributed by atoms with van der Waals surface area (Å²) in [7, 11) is -3.79. The van der Waals surface area contributed by atoms with Crippen molar-refractivity contribution in [2.75, 3.05) is 6.61 Å². The third-order valence-electron chi connectivity index (χ3n) is 3.32. The Balaban J connectivity index is 0.00000176. The lowest BCUT2D eigenvalue weighted by Crippen LogP contribution is -2.06. The van der Waals surface area contributed by atoms with E-state index in [1.54, 1.807) is 12.1 Å². The highest BCUT2D eigenvalue weighted by molar-refractivity contribution is 7.87. The molecule has 0 aliphatic rings. The maximum absolute atomic E-state index is 12.3. The van der Waals surface area contributed by atoms with Crippen LogP contribution in [0.1, 0.15) is 0 Å². The molecule has 0 saturated heterocycles. The Morgan fingerprint density at radius 2 is 1.59 bits per heavy atom. The zero-order chi connectivity index (χ0) is 14.9. The molecule has 0 spiro atoms. The molecule has 0 fully saturated rings. The third kappa shape index (κ3) is 3.17. The van der Waals surface area contributed by atoms with Gasteiger partial charge in [0.15, 0.2) is 0 Å². The van der Waals surface area contributed by atoms with Crippen molar-refractivity contribution in [2.45, 2.75) is 4.90 Å². The van der Waals surface area contributed by atoms with Crippen molar-refractivity contribution in [3.63, 3.8) is 0 Å². The van der Waals surface area contributed by atoms with Crippen LogP contribution in [0.5, 0.6) is 0 Å². The molecular weight excluding hydrogens is 309 g/mol.